The molecule has 0 unspecified atom stereocenters. The summed E-state index contributed by atoms with van der Waals surface area (Å²) < 4.78 is 35.4. The van der Waals surface area contributed by atoms with Gasteiger partial charge in [0.1, 0.15) is 10.6 Å². The van der Waals surface area contributed by atoms with Gasteiger partial charge in [0.15, 0.2) is 0 Å². The molecule has 0 aliphatic heterocycles. The van der Waals surface area contributed by atoms with Crippen LogP contribution in [0.15, 0.2) is 47.6 Å². The second-order valence-corrected chi connectivity index (χ2v) is 9.29. The van der Waals surface area contributed by atoms with E-state index in [0.717, 1.165) is 36.9 Å². The average Bonchev–Trinajstić information content (AvgIpc) is 3.17. The molecule has 0 bridgehead atoms. The molecule has 0 atom stereocenters. The zero-order valence-electron chi connectivity index (χ0n) is 17.1. The minimum Gasteiger partial charge on any atom is -0.439 e. The lowest BCUT2D eigenvalue weighted by Gasteiger charge is -2.22. The molecule has 1 fully saturated rings. The molecular weight excluding hydrogens is 402 g/mol. The van der Waals surface area contributed by atoms with E-state index in [1.807, 2.05) is 37.3 Å². The summed E-state index contributed by atoms with van der Waals surface area (Å²) in [6.07, 6.45) is 8.26. The number of aryl methyl sites for hydroxylation is 2. The molecule has 2 aromatic heterocycles. The van der Waals surface area contributed by atoms with Crippen molar-refractivity contribution in [3.63, 3.8) is 0 Å². The van der Waals surface area contributed by atoms with Crippen LogP contribution in [0.2, 0.25) is 0 Å². The molecule has 2 heterocycles. The van der Waals surface area contributed by atoms with Crippen LogP contribution < -0.4 is 9.46 Å². The van der Waals surface area contributed by atoms with Crippen LogP contribution in [0, 0.1) is 6.92 Å². The van der Waals surface area contributed by atoms with Crippen LogP contribution in [0.25, 0.3) is 0 Å². The van der Waals surface area contributed by atoms with Crippen LogP contribution >= 0.6 is 0 Å². The molecule has 0 amide bonds. The van der Waals surface area contributed by atoms with Gasteiger partial charge in [-0.3, -0.25) is 4.68 Å². The first kappa shape index (κ1) is 20.3. The van der Waals surface area contributed by atoms with E-state index in [1.165, 1.54) is 23.5 Å². The van der Waals surface area contributed by atoms with Crippen molar-refractivity contribution in [1.29, 1.82) is 0 Å². The fraction of sp³-hybridized carbons (Fsp3) is 0.381. The Labute approximate surface area is 176 Å². The molecule has 1 aromatic carbocycles. The van der Waals surface area contributed by atoms with Crippen molar-refractivity contribution >= 4 is 16.0 Å². The highest BCUT2D eigenvalue weighted by Gasteiger charge is 2.22. The largest absolute Gasteiger partial charge is 0.439 e. The second kappa shape index (κ2) is 8.43. The van der Waals surface area contributed by atoms with Crippen molar-refractivity contribution in [3.8, 4) is 11.6 Å². The number of sulfonamides is 1. The van der Waals surface area contributed by atoms with Gasteiger partial charge in [0.25, 0.3) is 10.0 Å². The maximum Gasteiger partial charge on any atom is 0.267 e. The van der Waals surface area contributed by atoms with Crippen molar-refractivity contribution in [2.75, 3.05) is 4.72 Å². The van der Waals surface area contributed by atoms with E-state index in [4.69, 9.17) is 4.74 Å². The number of para-hydroxylation sites is 1. The van der Waals surface area contributed by atoms with Gasteiger partial charge in [-0.2, -0.15) is 10.1 Å². The van der Waals surface area contributed by atoms with Crippen LogP contribution in [0.1, 0.15) is 49.3 Å². The lowest BCUT2D eigenvalue weighted by molar-refractivity contribution is 0.427. The van der Waals surface area contributed by atoms with E-state index in [0.29, 0.717) is 11.6 Å². The first-order valence-corrected chi connectivity index (χ1v) is 11.5. The number of aromatic nitrogens is 4. The third-order valence-electron chi connectivity index (χ3n) is 5.27. The summed E-state index contributed by atoms with van der Waals surface area (Å²) in [6, 6.07) is 9.45. The number of benzene rings is 1. The van der Waals surface area contributed by atoms with Gasteiger partial charge >= 0.3 is 0 Å². The van der Waals surface area contributed by atoms with Crippen molar-refractivity contribution < 1.29 is 13.2 Å². The predicted molar refractivity (Wildman–Crippen MR) is 113 cm³/mol. The van der Waals surface area contributed by atoms with Gasteiger partial charge < -0.3 is 4.74 Å². The van der Waals surface area contributed by atoms with Gasteiger partial charge in [-0.1, -0.05) is 37.5 Å². The van der Waals surface area contributed by atoms with Crippen LogP contribution in [-0.4, -0.2) is 28.2 Å². The van der Waals surface area contributed by atoms with E-state index >= 15 is 0 Å². The Morgan fingerprint density at radius 2 is 1.90 bits per heavy atom. The molecule has 9 heteroatoms. The Hall–Kier alpha value is -2.94. The smallest absolute Gasteiger partial charge is 0.267 e. The Kier molecular flexibility index (Phi) is 5.72. The number of hydrogen-bond donors (Lipinski definition) is 1. The summed E-state index contributed by atoms with van der Waals surface area (Å²) in [7, 11) is -2.19. The quantitative estimate of drug-likeness (QED) is 0.634. The molecule has 0 saturated heterocycles. The highest BCUT2D eigenvalue weighted by Crippen LogP contribution is 2.34. The van der Waals surface area contributed by atoms with Crippen LogP contribution in [0.3, 0.4) is 0 Å². The fourth-order valence-corrected chi connectivity index (χ4v) is 4.58. The first-order chi connectivity index (χ1) is 14.4. The molecule has 8 nitrogen and oxygen atoms in total. The van der Waals surface area contributed by atoms with Gasteiger partial charge in [-0.15, -0.1) is 0 Å². The summed E-state index contributed by atoms with van der Waals surface area (Å²) in [4.78, 5) is 8.92. The minimum absolute atomic E-state index is 0.00510. The Balaban J connectivity index is 1.68. The molecule has 30 heavy (non-hydrogen) atoms. The fourth-order valence-electron chi connectivity index (χ4n) is 3.65. The minimum atomic E-state index is -3.85. The number of nitrogens with one attached hydrogen (secondary N) is 1. The maximum absolute atomic E-state index is 12.7. The van der Waals surface area contributed by atoms with E-state index in [2.05, 4.69) is 19.8 Å². The van der Waals surface area contributed by atoms with Gasteiger partial charge in [-0.05, 0) is 31.4 Å². The molecular formula is C21H25N5O3S. The van der Waals surface area contributed by atoms with E-state index in [-0.39, 0.29) is 16.8 Å². The van der Waals surface area contributed by atoms with Gasteiger partial charge in [0, 0.05) is 25.2 Å². The third kappa shape index (κ3) is 4.62. The van der Waals surface area contributed by atoms with Crippen molar-refractivity contribution in [3.05, 3.63) is 54.0 Å². The lowest BCUT2D eigenvalue weighted by Crippen LogP contribution is -2.16. The lowest BCUT2D eigenvalue weighted by atomic mass is 9.87. The molecule has 1 aliphatic rings. The highest BCUT2D eigenvalue weighted by atomic mass is 32.2. The Morgan fingerprint density at radius 3 is 2.60 bits per heavy atom. The number of hydrogen-bond acceptors (Lipinski definition) is 6. The molecule has 1 saturated carbocycles. The predicted octanol–water partition coefficient (Wildman–Crippen LogP) is 4.16. The van der Waals surface area contributed by atoms with Gasteiger partial charge in [0.05, 0.1) is 11.9 Å². The Morgan fingerprint density at radius 1 is 1.13 bits per heavy atom. The third-order valence-corrected chi connectivity index (χ3v) is 6.55. The Bertz CT molecular complexity index is 1140. The molecule has 0 spiro atoms. The number of anilines is 1. The summed E-state index contributed by atoms with van der Waals surface area (Å²) in [5, 5.41) is 3.93. The maximum atomic E-state index is 12.7. The average molecular weight is 428 g/mol. The second-order valence-electron chi connectivity index (χ2n) is 7.61. The first-order valence-electron chi connectivity index (χ1n) is 10.0. The summed E-state index contributed by atoms with van der Waals surface area (Å²) >= 11 is 0. The molecule has 3 aromatic rings. The normalized spacial score (nSPS) is 15.1. The zero-order chi connectivity index (χ0) is 21.1. The number of nitrogens with zero attached hydrogens (tertiary/aromatic N) is 4. The zero-order valence-corrected chi connectivity index (χ0v) is 17.9. The van der Waals surface area contributed by atoms with Gasteiger partial charge in [0.2, 0.25) is 11.8 Å². The molecule has 1 N–H and O–H groups in total. The van der Waals surface area contributed by atoms with E-state index in [9.17, 15) is 8.42 Å². The standard InChI is InChI=1S/C21H25N5O3S/c1-15-8-6-7-11-19(15)29-20-12-18(16-9-4-3-5-10-16)23-21(24-20)25-30(27,28)17-13-22-26(2)14-17/h6-8,11-14,16H,3-5,9-10H2,1-2H3,(H,23,24,25). The van der Waals surface area contributed by atoms with Crippen molar-refractivity contribution in [2.45, 2.75) is 49.8 Å². The van der Waals surface area contributed by atoms with E-state index in [1.54, 1.807) is 7.05 Å². The number of ether oxygens (including phenoxy) is 1. The van der Waals surface area contributed by atoms with Crippen LogP contribution in [-0.2, 0) is 17.1 Å². The van der Waals surface area contributed by atoms with Crippen LogP contribution in [0.4, 0.5) is 5.95 Å². The number of rotatable bonds is 6. The monoisotopic (exact) mass is 427 g/mol. The summed E-state index contributed by atoms with van der Waals surface area (Å²) in [5.41, 5.74) is 1.77. The molecule has 158 valence electrons. The summed E-state index contributed by atoms with van der Waals surface area (Å²) in [6.45, 7) is 1.95. The molecule has 0 radical (unpaired) electrons. The van der Waals surface area contributed by atoms with Gasteiger partial charge in [-0.25, -0.2) is 18.1 Å². The SMILES string of the molecule is Cc1ccccc1Oc1cc(C2CCCCC2)nc(NS(=O)(=O)c2cnn(C)c2)n1. The van der Waals surface area contributed by atoms with Crippen molar-refractivity contribution in [2.24, 2.45) is 7.05 Å². The molecule has 1 aliphatic carbocycles. The van der Waals surface area contributed by atoms with Crippen LogP contribution in [0.5, 0.6) is 11.6 Å². The van der Waals surface area contributed by atoms with Crippen molar-refractivity contribution in [1.82, 2.24) is 19.7 Å². The van der Waals surface area contributed by atoms with E-state index < -0.39 is 10.0 Å². The molecule has 4 rings (SSSR count). The summed E-state index contributed by atoms with van der Waals surface area (Å²) in [5.74, 6) is 1.27. The topological polar surface area (TPSA) is 99.0 Å². The highest BCUT2D eigenvalue weighted by molar-refractivity contribution is 7.92.